The van der Waals surface area contributed by atoms with E-state index in [2.05, 4.69) is 181 Å². The number of aromatic nitrogens is 1. The van der Waals surface area contributed by atoms with E-state index in [0.717, 1.165) is 0 Å². The number of fused-ring (bicyclic) bond motifs is 7. The monoisotopic (exact) mass is 644 g/mol. The largest absolute Gasteiger partial charge is 0.305 e. The summed E-state index contributed by atoms with van der Waals surface area (Å²) in [6.45, 7) is 4.35. The fraction of sp³-hybridized carbons (Fsp3) is 0.0435. The van der Waals surface area contributed by atoms with Gasteiger partial charge in [-0.3, -0.25) is 0 Å². The molecule has 0 amide bonds. The van der Waals surface area contributed by atoms with Gasteiger partial charge in [0.25, 0.3) is 0 Å². The van der Waals surface area contributed by atoms with Crippen LogP contribution in [0.15, 0.2) is 152 Å². The summed E-state index contributed by atoms with van der Waals surface area (Å²) >= 11 is 1.88. The molecule has 9 aromatic rings. The van der Waals surface area contributed by atoms with E-state index in [-0.39, 0.29) is 0 Å². The van der Waals surface area contributed by atoms with Gasteiger partial charge in [-0.1, -0.05) is 109 Å². The molecule has 1 aliphatic rings. The Labute approximate surface area is 289 Å². The highest BCUT2D eigenvalue weighted by molar-refractivity contribution is 7.20. The van der Waals surface area contributed by atoms with Gasteiger partial charge in [0.05, 0.1) is 38.5 Å². The van der Waals surface area contributed by atoms with Gasteiger partial charge in [0, 0.05) is 15.6 Å². The molecule has 3 heteroatoms. The second kappa shape index (κ2) is 10.8. The Hall–Kier alpha value is -5.90. The molecule has 0 saturated heterocycles. The average molecular weight is 645 g/mol. The van der Waals surface area contributed by atoms with E-state index in [1.807, 2.05) is 11.3 Å². The predicted octanol–water partition coefficient (Wildman–Crippen LogP) is 13.6. The molecule has 2 nitrogen and oxygen atoms in total. The molecule has 0 aliphatic carbocycles. The van der Waals surface area contributed by atoms with Crippen LogP contribution in [0, 0.1) is 6.92 Å². The molecule has 0 unspecified atom stereocenters. The number of nitrogens with zero attached hydrogens (tertiary/aromatic N) is 2. The van der Waals surface area contributed by atoms with Gasteiger partial charge in [0.2, 0.25) is 0 Å². The molecule has 0 saturated carbocycles. The topological polar surface area (TPSA) is 8.17 Å². The minimum Gasteiger partial charge on any atom is -0.305 e. The molecule has 49 heavy (non-hydrogen) atoms. The van der Waals surface area contributed by atoms with Crippen LogP contribution in [0.2, 0.25) is 0 Å². The highest BCUT2D eigenvalue weighted by Gasteiger charge is 2.30. The fourth-order valence-corrected chi connectivity index (χ4v) is 9.25. The van der Waals surface area contributed by atoms with E-state index in [1.54, 1.807) is 0 Å². The molecule has 0 fully saturated rings. The number of benzene rings is 7. The number of para-hydroxylation sites is 3. The van der Waals surface area contributed by atoms with Gasteiger partial charge >= 0.3 is 0 Å². The molecule has 0 radical (unpaired) electrons. The Balaban J connectivity index is 1.28. The van der Waals surface area contributed by atoms with Crippen molar-refractivity contribution >= 4 is 77.1 Å². The normalized spacial score (nSPS) is 12.6. The first-order chi connectivity index (χ1) is 24.2. The number of rotatable bonds is 4. The van der Waals surface area contributed by atoms with Crippen molar-refractivity contribution in [2.45, 2.75) is 13.8 Å². The first kappa shape index (κ1) is 28.1. The maximum Gasteiger partial charge on any atom is 0.0783 e. The number of anilines is 3. The van der Waals surface area contributed by atoms with Crippen molar-refractivity contribution in [3.05, 3.63) is 162 Å². The smallest absolute Gasteiger partial charge is 0.0783 e. The van der Waals surface area contributed by atoms with E-state index in [1.165, 1.54) is 98.1 Å². The van der Waals surface area contributed by atoms with Crippen molar-refractivity contribution in [2.75, 3.05) is 4.90 Å². The summed E-state index contributed by atoms with van der Waals surface area (Å²) in [6, 6.07) is 53.7. The van der Waals surface area contributed by atoms with Crippen molar-refractivity contribution in [3.8, 4) is 27.9 Å². The maximum absolute atomic E-state index is 2.52. The molecule has 0 spiro atoms. The number of hydrogen-bond acceptors (Lipinski definition) is 2. The molecule has 232 valence electrons. The Morgan fingerprint density at radius 2 is 1.22 bits per heavy atom. The van der Waals surface area contributed by atoms with E-state index in [0.29, 0.717) is 0 Å². The maximum atomic E-state index is 2.52. The van der Waals surface area contributed by atoms with Gasteiger partial charge in [-0.2, -0.15) is 0 Å². The summed E-state index contributed by atoms with van der Waals surface area (Å²) < 4.78 is 3.79. The molecule has 10 rings (SSSR count). The second-order valence-electron chi connectivity index (χ2n) is 12.9. The molecular formula is C46H32N2S. The third-order valence-electron chi connectivity index (χ3n) is 10.2. The van der Waals surface area contributed by atoms with Gasteiger partial charge in [-0.25, -0.2) is 0 Å². The summed E-state index contributed by atoms with van der Waals surface area (Å²) in [5, 5.41) is 6.38. The van der Waals surface area contributed by atoms with Crippen molar-refractivity contribution in [1.82, 2.24) is 4.57 Å². The zero-order valence-electron chi connectivity index (χ0n) is 27.3. The Kier molecular flexibility index (Phi) is 6.21. The molecule has 3 heterocycles. The Morgan fingerprint density at radius 3 is 2.12 bits per heavy atom. The first-order valence-electron chi connectivity index (χ1n) is 16.9. The number of allylic oxidation sites excluding steroid dienone is 1. The SMILES string of the molecule is C/C=C\c1sc2c(N3c4ccccc4-n4c5ccccc5c5cc(-c6cccc(-c7cccc8ccccc78)c6)cc3c54)cccc2c1C. The van der Waals surface area contributed by atoms with Crippen LogP contribution in [0.3, 0.4) is 0 Å². The molecule has 7 aromatic carbocycles. The fourth-order valence-electron chi connectivity index (χ4n) is 7.97. The van der Waals surface area contributed by atoms with Gasteiger partial charge in [-0.05, 0) is 106 Å². The first-order valence-corrected chi connectivity index (χ1v) is 17.7. The highest BCUT2D eigenvalue weighted by atomic mass is 32.1. The molecular weight excluding hydrogens is 613 g/mol. The number of aryl methyl sites for hydroxylation is 1. The van der Waals surface area contributed by atoms with Crippen molar-refractivity contribution in [1.29, 1.82) is 0 Å². The Morgan fingerprint density at radius 1 is 0.531 bits per heavy atom. The summed E-state index contributed by atoms with van der Waals surface area (Å²) in [5.41, 5.74) is 13.5. The minimum absolute atomic E-state index is 1.19. The van der Waals surface area contributed by atoms with Crippen molar-refractivity contribution < 1.29 is 0 Å². The molecule has 2 aromatic heterocycles. The summed E-state index contributed by atoms with van der Waals surface area (Å²) in [4.78, 5) is 3.83. The third kappa shape index (κ3) is 4.13. The van der Waals surface area contributed by atoms with Crippen LogP contribution >= 0.6 is 11.3 Å². The van der Waals surface area contributed by atoms with E-state index < -0.39 is 0 Å². The molecule has 0 atom stereocenters. The van der Waals surface area contributed by atoms with Gasteiger partial charge in [0.15, 0.2) is 0 Å². The molecule has 0 N–H and O–H groups in total. The lowest BCUT2D eigenvalue weighted by atomic mass is 9.94. The van der Waals surface area contributed by atoms with Crippen LogP contribution in [0.25, 0.3) is 76.7 Å². The zero-order valence-corrected chi connectivity index (χ0v) is 28.1. The van der Waals surface area contributed by atoms with Gasteiger partial charge < -0.3 is 9.47 Å². The lowest BCUT2D eigenvalue weighted by Crippen LogP contribution is -2.18. The van der Waals surface area contributed by atoms with Crippen LogP contribution in [0.1, 0.15) is 17.4 Å². The summed E-state index contributed by atoms with van der Waals surface area (Å²) in [5.74, 6) is 0. The van der Waals surface area contributed by atoms with Crippen molar-refractivity contribution in [3.63, 3.8) is 0 Å². The summed E-state index contributed by atoms with van der Waals surface area (Å²) in [6.07, 6.45) is 4.39. The van der Waals surface area contributed by atoms with Crippen LogP contribution in [0.5, 0.6) is 0 Å². The molecule has 1 aliphatic heterocycles. The van der Waals surface area contributed by atoms with Crippen molar-refractivity contribution in [2.24, 2.45) is 0 Å². The zero-order chi connectivity index (χ0) is 32.6. The highest BCUT2D eigenvalue weighted by Crippen LogP contribution is 2.53. The predicted molar refractivity (Wildman–Crippen MR) is 212 cm³/mol. The van der Waals surface area contributed by atoms with E-state index in [4.69, 9.17) is 0 Å². The lowest BCUT2D eigenvalue weighted by molar-refractivity contribution is 1.12. The van der Waals surface area contributed by atoms with E-state index >= 15 is 0 Å². The number of hydrogen-bond donors (Lipinski definition) is 0. The van der Waals surface area contributed by atoms with Crippen LogP contribution in [-0.2, 0) is 0 Å². The minimum atomic E-state index is 1.19. The second-order valence-corrected chi connectivity index (χ2v) is 14.0. The summed E-state index contributed by atoms with van der Waals surface area (Å²) in [7, 11) is 0. The van der Waals surface area contributed by atoms with E-state index in [9.17, 15) is 0 Å². The van der Waals surface area contributed by atoms with Gasteiger partial charge in [-0.15, -0.1) is 11.3 Å². The van der Waals surface area contributed by atoms with Gasteiger partial charge in [0.1, 0.15) is 0 Å². The lowest BCUT2D eigenvalue weighted by Gasteiger charge is -2.33. The number of thiophene rings is 1. The van der Waals surface area contributed by atoms with Crippen LogP contribution in [0.4, 0.5) is 17.1 Å². The third-order valence-corrected chi connectivity index (χ3v) is 11.5. The Bertz CT molecular complexity index is 2810. The quantitative estimate of drug-likeness (QED) is 0.185. The standard InChI is InChI=1S/C46H32N2S/c1-3-13-44-29(2)34-20-12-25-42(46(34)49-44)47-40-23-8-9-24-41(40)48-39-22-7-6-19-37(39)38-27-33(28-43(47)45(38)48)31-16-10-17-32(26-31)36-21-11-15-30-14-4-5-18-35(30)36/h3-28H,1-2H3/b13-3-. The molecule has 0 bridgehead atoms. The van der Waals surface area contributed by atoms with Crippen LogP contribution < -0.4 is 4.90 Å². The average Bonchev–Trinajstić information content (AvgIpc) is 3.66. The van der Waals surface area contributed by atoms with Crippen LogP contribution in [-0.4, -0.2) is 4.57 Å².